The Bertz CT molecular complexity index is 554. The van der Waals surface area contributed by atoms with Crippen molar-refractivity contribution in [2.45, 2.75) is 6.04 Å². The van der Waals surface area contributed by atoms with Gasteiger partial charge in [0.1, 0.15) is 18.2 Å². The standard InChI is InChI=1S/C16H22N4O/c1-19-9-8-18-16(19)15-13-17-7-10-20(15)11-12-21-14-5-3-2-4-6-14/h2-6,8-9,15,17H,7,10-13H2,1H3. The SMILES string of the molecule is Cn1ccnc1C1CNCCN1CCOc1ccccc1. The zero-order chi connectivity index (χ0) is 14.5. The van der Waals surface area contributed by atoms with Crippen LogP contribution >= 0.6 is 0 Å². The van der Waals surface area contributed by atoms with E-state index in [1.54, 1.807) is 0 Å². The summed E-state index contributed by atoms with van der Waals surface area (Å²) in [5, 5.41) is 3.45. The molecular weight excluding hydrogens is 264 g/mol. The van der Waals surface area contributed by atoms with Crippen molar-refractivity contribution < 1.29 is 4.74 Å². The molecule has 1 aromatic carbocycles. The molecule has 1 fully saturated rings. The third-order valence-electron chi connectivity index (χ3n) is 3.90. The van der Waals surface area contributed by atoms with E-state index in [9.17, 15) is 0 Å². The molecular formula is C16H22N4O. The molecule has 2 aromatic rings. The monoisotopic (exact) mass is 286 g/mol. The molecule has 0 spiro atoms. The fourth-order valence-corrected chi connectivity index (χ4v) is 2.76. The van der Waals surface area contributed by atoms with Crippen LogP contribution in [0.1, 0.15) is 11.9 Å². The highest BCUT2D eigenvalue weighted by Crippen LogP contribution is 2.20. The lowest BCUT2D eigenvalue weighted by Gasteiger charge is -2.35. The lowest BCUT2D eigenvalue weighted by atomic mass is 10.2. The zero-order valence-corrected chi connectivity index (χ0v) is 12.4. The quantitative estimate of drug-likeness (QED) is 0.903. The number of imidazole rings is 1. The predicted octanol–water partition coefficient (Wildman–Crippen LogP) is 1.45. The van der Waals surface area contributed by atoms with E-state index in [0.29, 0.717) is 12.6 Å². The summed E-state index contributed by atoms with van der Waals surface area (Å²) in [6, 6.07) is 10.3. The molecule has 1 aromatic heterocycles. The highest BCUT2D eigenvalue weighted by molar-refractivity contribution is 5.20. The number of piperazine rings is 1. The smallest absolute Gasteiger partial charge is 0.127 e. The van der Waals surface area contributed by atoms with E-state index in [-0.39, 0.29) is 0 Å². The molecule has 1 aliphatic heterocycles. The molecule has 0 saturated carbocycles. The van der Waals surface area contributed by atoms with Crippen LogP contribution in [0.3, 0.4) is 0 Å². The molecule has 0 bridgehead atoms. The van der Waals surface area contributed by atoms with Crippen LogP contribution in [0.15, 0.2) is 42.7 Å². The largest absolute Gasteiger partial charge is 0.492 e. The van der Waals surface area contributed by atoms with E-state index in [1.165, 1.54) is 0 Å². The maximum absolute atomic E-state index is 5.82. The highest BCUT2D eigenvalue weighted by Gasteiger charge is 2.26. The lowest BCUT2D eigenvalue weighted by molar-refractivity contribution is 0.127. The number of aromatic nitrogens is 2. The number of nitrogens with zero attached hydrogens (tertiary/aromatic N) is 3. The van der Waals surface area contributed by atoms with Crippen molar-refractivity contribution in [3.63, 3.8) is 0 Å². The summed E-state index contributed by atoms with van der Waals surface area (Å²) < 4.78 is 7.92. The Labute approximate surface area is 125 Å². The van der Waals surface area contributed by atoms with Gasteiger partial charge in [-0.1, -0.05) is 18.2 Å². The molecule has 1 atom stereocenters. The van der Waals surface area contributed by atoms with Crippen molar-refractivity contribution in [1.82, 2.24) is 19.8 Å². The van der Waals surface area contributed by atoms with Gasteiger partial charge in [-0.2, -0.15) is 0 Å². The molecule has 1 saturated heterocycles. The molecule has 5 nitrogen and oxygen atoms in total. The van der Waals surface area contributed by atoms with E-state index >= 15 is 0 Å². The highest BCUT2D eigenvalue weighted by atomic mass is 16.5. The van der Waals surface area contributed by atoms with Crippen molar-refractivity contribution >= 4 is 0 Å². The van der Waals surface area contributed by atoms with Gasteiger partial charge in [-0.15, -0.1) is 0 Å². The molecule has 112 valence electrons. The van der Waals surface area contributed by atoms with Crippen LogP contribution < -0.4 is 10.1 Å². The van der Waals surface area contributed by atoms with Gasteiger partial charge in [0.05, 0.1) is 6.04 Å². The Morgan fingerprint density at radius 2 is 2.19 bits per heavy atom. The summed E-state index contributed by atoms with van der Waals surface area (Å²) >= 11 is 0. The number of hydrogen-bond acceptors (Lipinski definition) is 4. The molecule has 1 N–H and O–H groups in total. The Balaban J connectivity index is 1.59. The summed E-state index contributed by atoms with van der Waals surface area (Å²) in [7, 11) is 2.05. The molecule has 2 heterocycles. The maximum Gasteiger partial charge on any atom is 0.127 e. The number of para-hydroxylation sites is 1. The zero-order valence-electron chi connectivity index (χ0n) is 12.4. The Kier molecular flexibility index (Phi) is 4.52. The topological polar surface area (TPSA) is 42.3 Å². The summed E-state index contributed by atoms with van der Waals surface area (Å²) in [6.45, 7) is 4.59. The molecule has 5 heteroatoms. The molecule has 0 aliphatic carbocycles. The number of aryl methyl sites for hydroxylation is 1. The van der Waals surface area contributed by atoms with Gasteiger partial charge in [-0.3, -0.25) is 4.90 Å². The molecule has 3 rings (SSSR count). The van der Waals surface area contributed by atoms with Gasteiger partial charge in [0, 0.05) is 45.6 Å². The number of rotatable bonds is 5. The van der Waals surface area contributed by atoms with Gasteiger partial charge in [-0.05, 0) is 12.1 Å². The van der Waals surface area contributed by atoms with Crippen molar-refractivity contribution in [2.24, 2.45) is 7.05 Å². The Morgan fingerprint density at radius 3 is 2.95 bits per heavy atom. The Morgan fingerprint density at radius 1 is 1.33 bits per heavy atom. The van der Waals surface area contributed by atoms with E-state index in [0.717, 1.165) is 37.8 Å². The van der Waals surface area contributed by atoms with Crippen LogP contribution in [0.25, 0.3) is 0 Å². The number of hydrogen-bond donors (Lipinski definition) is 1. The van der Waals surface area contributed by atoms with Crippen LogP contribution in [0, 0.1) is 0 Å². The van der Waals surface area contributed by atoms with Gasteiger partial charge in [-0.25, -0.2) is 4.98 Å². The van der Waals surface area contributed by atoms with Gasteiger partial charge < -0.3 is 14.6 Å². The van der Waals surface area contributed by atoms with Crippen molar-refractivity contribution in [1.29, 1.82) is 0 Å². The predicted molar refractivity (Wildman–Crippen MR) is 82.3 cm³/mol. The minimum absolute atomic E-state index is 0.318. The van der Waals surface area contributed by atoms with Crippen molar-refractivity contribution in [2.75, 3.05) is 32.8 Å². The normalized spacial score (nSPS) is 19.6. The summed E-state index contributed by atoms with van der Waals surface area (Å²) in [5.41, 5.74) is 0. The third kappa shape index (κ3) is 3.43. The minimum Gasteiger partial charge on any atom is -0.492 e. The third-order valence-corrected chi connectivity index (χ3v) is 3.90. The number of nitrogens with one attached hydrogen (secondary N) is 1. The number of benzene rings is 1. The second-order valence-corrected chi connectivity index (χ2v) is 5.31. The van der Waals surface area contributed by atoms with Gasteiger partial charge in [0.25, 0.3) is 0 Å². The molecule has 0 radical (unpaired) electrons. The molecule has 0 amide bonds. The average molecular weight is 286 g/mol. The summed E-state index contributed by atoms with van der Waals surface area (Å²) in [6.07, 6.45) is 3.87. The van der Waals surface area contributed by atoms with E-state index in [4.69, 9.17) is 4.74 Å². The van der Waals surface area contributed by atoms with Crippen molar-refractivity contribution in [3.05, 3.63) is 48.5 Å². The van der Waals surface area contributed by atoms with Crippen LogP contribution in [-0.4, -0.2) is 47.2 Å². The van der Waals surface area contributed by atoms with Gasteiger partial charge in [0.2, 0.25) is 0 Å². The van der Waals surface area contributed by atoms with Crippen LogP contribution in [0.5, 0.6) is 5.75 Å². The van der Waals surface area contributed by atoms with Crippen LogP contribution in [0.4, 0.5) is 0 Å². The lowest BCUT2D eigenvalue weighted by Crippen LogP contribution is -2.48. The number of ether oxygens (including phenoxy) is 1. The molecule has 21 heavy (non-hydrogen) atoms. The second-order valence-electron chi connectivity index (χ2n) is 5.31. The minimum atomic E-state index is 0.318. The van der Waals surface area contributed by atoms with Crippen LogP contribution in [0.2, 0.25) is 0 Å². The summed E-state index contributed by atoms with van der Waals surface area (Å²) in [4.78, 5) is 6.94. The van der Waals surface area contributed by atoms with Gasteiger partial charge >= 0.3 is 0 Å². The fourth-order valence-electron chi connectivity index (χ4n) is 2.76. The average Bonchev–Trinajstić information content (AvgIpc) is 2.95. The first-order valence-electron chi connectivity index (χ1n) is 7.44. The van der Waals surface area contributed by atoms with Crippen molar-refractivity contribution in [3.8, 4) is 5.75 Å². The summed E-state index contributed by atoms with van der Waals surface area (Å²) in [5.74, 6) is 2.04. The van der Waals surface area contributed by atoms with E-state index in [2.05, 4.69) is 26.8 Å². The second kappa shape index (κ2) is 6.74. The first-order valence-corrected chi connectivity index (χ1v) is 7.44. The Hall–Kier alpha value is -1.85. The maximum atomic E-state index is 5.82. The first kappa shape index (κ1) is 14.1. The van der Waals surface area contributed by atoms with E-state index in [1.807, 2.05) is 42.7 Å². The molecule has 1 aliphatic rings. The fraction of sp³-hybridized carbons (Fsp3) is 0.438. The van der Waals surface area contributed by atoms with E-state index < -0.39 is 0 Å². The molecule has 1 unspecified atom stereocenters. The first-order chi connectivity index (χ1) is 10.3. The van der Waals surface area contributed by atoms with Gasteiger partial charge in [0.15, 0.2) is 0 Å². The van der Waals surface area contributed by atoms with Crippen LogP contribution in [-0.2, 0) is 7.05 Å².